The summed E-state index contributed by atoms with van der Waals surface area (Å²) in [6, 6.07) is 19.2. The number of hydrogen-bond acceptors (Lipinski definition) is 2. The van der Waals surface area contributed by atoms with Crippen LogP contribution in [0.3, 0.4) is 0 Å². The first kappa shape index (κ1) is 18.4. The molecule has 0 aromatic heterocycles. The summed E-state index contributed by atoms with van der Waals surface area (Å²) in [5.41, 5.74) is 1.63. The van der Waals surface area contributed by atoms with Gasteiger partial charge < -0.3 is 4.74 Å². The predicted octanol–water partition coefficient (Wildman–Crippen LogP) is 5.99. The molecule has 0 aliphatic carbocycles. The predicted molar refractivity (Wildman–Crippen MR) is 99.3 cm³/mol. The van der Waals surface area contributed by atoms with E-state index in [2.05, 4.69) is 6.92 Å². The summed E-state index contributed by atoms with van der Waals surface area (Å²) >= 11 is 0. The van der Waals surface area contributed by atoms with Crippen LogP contribution in [0.1, 0.15) is 67.5 Å². The summed E-state index contributed by atoms with van der Waals surface area (Å²) in [7, 11) is 0. The number of unbranched alkanes of at least 4 members (excludes halogenated alkanes) is 5. The Labute approximate surface area is 145 Å². The molecule has 0 aliphatic heterocycles. The van der Waals surface area contributed by atoms with Crippen LogP contribution in [0.25, 0.3) is 0 Å². The summed E-state index contributed by atoms with van der Waals surface area (Å²) in [6.07, 6.45) is 6.78. The minimum Gasteiger partial charge on any atom is -0.365 e. The first-order valence-corrected chi connectivity index (χ1v) is 9.08. The molecule has 0 spiro atoms. The molecule has 0 amide bonds. The topological polar surface area (TPSA) is 26.3 Å². The Hall–Kier alpha value is -1.93. The zero-order valence-corrected chi connectivity index (χ0v) is 14.6. The number of benzene rings is 2. The van der Waals surface area contributed by atoms with Gasteiger partial charge in [0.1, 0.15) is 6.10 Å². The molecule has 0 radical (unpaired) electrons. The average molecular weight is 324 g/mol. The lowest BCUT2D eigenvalue weighted by Gasteiger charge is -2.17. The lowest BCUT2D eigenvalue weighted by atomic mass is 10.00. The first-order chi connectivity index (χ1) is 11.8. The average Bonchev–Trinajstić information content (AvgIpc) is 2.65. The van der Waals surface area contributed by atoms with Gasteiger partial charge in [0.05, 0.1) is 0 Å². The van der Waals surface area contributed by atoms with Crippen molar-refractivity contribution < 1.29 is 9.53 Å². The normalized spacial score (nSPS) is 12.0. The molecule has 1 atom stereocenters. The van der Waals surface area contributed by atoms with Crippen molar-refractivity contribution in [2.24, 2.45) is 0 Å². The standard InChI is InChI=1S/C22H28O2/c1-2-3-4-5-6-13-18-24-22(20-16-11-8-12-17-20)21(23)19-14-9-7-10-15-19/h7-12,14-17,22H,2-6,13,18H2,1H3. The minimum absolute atomic E-state index is 0.0350. The number of ketones is 1. The largest absolute Gasteiger partial charge is 0.365 e. The number of ether oxygens (including phenoxy) is 1. The highest BCUT2D eigenvalue weighted by molar-refractivity contribution is 6.00. The Balaban J connectivity index is 1.93. The Bertz CT molecular complexity index is 577. The smallest absolute Gasteiger partial charge is 0.196 e. The second kappa shape index (κ2) is 10.8. The number of rotatable bonds is 11. The van der Waals surface area contributed by atoms with E-state index in [0.717, 1.165) is 12.0 Å². The Morgan fingerprint density at radius 3 is 2.08 bits per heavy atom. The molecule has 2 rings (SSSR count). The monoisotopic (exact) mass is 324 g/mol. The fourth-order valence-corrected chi connectivity index (χ4v) is 2.79. The second-order valence-electron chi connectivity index (χ2n) is 6.16. The van der Waals surface area contributed by atoms with Crippen molar-refractivity contribution in [2.45, 2.75) is 51.6 Å². The maximum Gasteiger partial charge on any atom is 0.196 e. The third-order valence-corrected chi connectivity index (χ3v) is 4.18. The molecular formula is C22H28O2. The van der Waals surface area contributed by atoms with E-state index in [1.807, 2.05) is 60.7 Å². The van der Waals surface area contributed by atoms with E-state index in [-0.39, 0.29) is 5.78 Å². The van der Waals surface area contributed by atoms with Crippen LogP contribution in [0.4, 0.5) is 0 Å². The highest BCUT2D eigenvalue weighted by atomic mass is 16.5. The molecule has 2 aromatic carbocycles. The Morgan fingerprint density at radius 1 is 0.833 bits per heavy atom. The van der Waals surface area contributed by atoms with Crippen LogP contribution in [0.5, 0.6) is 0 Å². The zero-order valence-electron chi connectivity index (χ0n) is 14.6. The van der Waals surface area contributed by atoms with Gasteiger partial charge in [-0.1, -0.05) is 99.7 Å². The molecule has 2 heteroatoms. The molecule has 0 aliphatic rings. The van der Waals surface area contributed by atoms with Crippen LogP contribution >= 0.6 is 0 Å². The van der Waals surface area contributed by atoms with Crippen molar-refractivity contribution in [2.75, 3.05) is 6.61 Å². The van der Waals surface area contributed by atoms with E-state index in [1.54, 1.807) is 0 Å². The fraction of sp³-hybridized carbons (Fsp3) is 0.409. The van der Waals surface area contributed by atoms with E-state index in [0.29, 0.717) is 12.2 Å². The number of Topliss-reactive ketones (excluding diaryl/α,β-unsaturated/α-hetero) is 1. The molecule has 0 N–H and O–H groups in total. The van der Waals surface area contributed by atoms with Crippen LogP contribution in [-0.2, 0) is 4.74 Å². The van der Waals surface area contributed by atoms with E-state index in [4.69, 9.17) is 4.74 Å². The minimum atomic E-state index is -0.510. The molecule has 0 fully saturated rings. The number of carbonyl (C=O) groups excluding carboxylic acids is 1. The first-order valence-electron chi connectivity index (χ1n) is 9.08. The molecule has 0 saturated carbocycles. The van der Waals surface area contributed by atoms with Gasteiger partial charge in [-0.3, -0.25) is 4.79 Å². The van der Waals surface area contributed by atoms with Gasteiger partial charge in [-0.25, -0.2) is 0 Å². The molecule has 128 valence electrons. The van der Waals surface area contributed by atoms with Gasteiger partial charge in [-0.05, 0) is 12.0 Å². The van der Waals surface area contributed by atoms with Crippen molar-refractivity contribution in [1.29, 1.82) is 0 Å². The summed E-state index contributed by atoms with van der Waals surface area (Å²) in [5.74, 6) is 0.0350. The van der Waals surface area contributed by atoms with Crippen molar-refractivity contribution in [3.8, 4) is 0 Å². The van der Waals surface area contributed by atoms with Crippen molar-refractivity contribution in [3.63, 3.8) is 0 Å². The Morgan fingerprint density at radius 2 is 1.42 bits per heavy atom. The third kappa shape index (κ3) is 5.93. The van der Waals surface area contributed by atoms with Gasteiger partial charge >= 0.3 is 0 Å². The van der Waals surface area contributed by atoms with Gasteiger partial charge in [-0.2, -0.15) is 0 Å². The van der Waals surface area contributed by atoms with Crippen LogP contribution < -0.4 is 0 Å². The molecule has 2 aromatic rings. The lowest BCUT2D eigenvalue weighted by Crippen LogP contribution is -2.17. The van der Waals surface area contributed by atoms with Crippen LogP contribution in [0.2, 0.25) is 0 Å². The fourth-order valence-electron chi connectivity index (χ4n) is 2.79. The summed E-state index contributed by atoms with van der Waals surface area (Å²) < 4.78 is 6.00. The molecule has 0 saturated heterocycles. The highest BCUT2D eigenvalue weighted by Gasteiger charge is 2.22. The van der Waals surface area contributed by atoms with Gasteiger partial charge in [-0.15, -0.1) is 0 Å². The molecular weight excluding hydrogens is 296 g/mol. The second-order valence-corrected chi connectivity index (χ2v) is 6.16. The van der Waals surface area contributed by atoms with Gasteiger partial charge in [0.25, 0.3) is 0 Å². The maximum absolute atomic E-state index is 12.8. The van der Waals surface area contributed by atoms with Crippen molar-refractivity contribution in [1.82, 2.24) is 0 Å². The summed E-state index contributed by atoms with van der Waals surface area (Å²) in [6.45, 7) is 2.85. The Kier molecular flexibility index (Phi) is 8.26. The van der Waals surface area contributed by atoms with Gasteiger partial charge in [0.15, 0.2) is 5.78 Å². The highest BCUT2D eigenvalue weighted by Crippen LogP contribution is 2.23. The number of hydrogen-bond donors (Lipinski definition) is 0. The molecule has 0 bridgehead atoms. The quantitative estimate of drug-likeness (QED) is 0.375. The summed E-state index contributed by atoms with van der Waals surface area (Å²) in [5, 5.41) is 0. The van der Waals surface area contributed by atoms with E-state index >= 15 is 0 Å². The lowest BCUT2D eigenvalue weighted by molar-refractivity contribution is 0.0391. The van der Waals surface area contributed by atoms with Crippen LogP contribution in [-0.4, -0.2) is 12.4 Å². The van der Waals surface area contributed by atoms with Crippen LogP contribution in [0, 0.1) is 0 Å². The molecule has 0 heterocycles. The summed E-state index contributed by atoms with van der Waals surface area (Å²) in [4.78, 5) is 12.8. The maximum atomic E-state index is 12.8. The molecule has 1 unspecified atom stereocenters. The molecule has 2 nitrogen and oxygen atoms in total. The SMILES string of the molecule is CCCCCCCCOC(C(=O)c1ccccc1)c1ccccc1. The third-order valence-electron chi connectivity index (χ3n) is 4.18. The van der Waals surface area contributed by atoms with E-state index in [1.165, 1.54) is 32.1 Å². The van der Waals surface area contributed by atoms with E-state index < -0.39 is 6.10 Å². The molecule has 24 heavy (non-hydrogen) atoms. The van der Waals surface area contributed by atoms with E-state index in [9.17, 15) is 4.79 Å². The van der Waals surface area contributed by atoms with Gasteiger partial charge in [0, 0.05) is 12.2 Å². The zero-order chi connectivity index (χ0) is 17.0. The number of carbonyl (C=O) groups is 1. The van der Waals surface area contributed by atoms with Crippen molar-refractivity contribution in [3.05, 3.63) is 71.8 Å². The van der Waals surface area contributed by atoms with Gasteiger partial charge in [0.2, 0.25) is 0 Å². The van der Waals surface area contributed by atoms with Crippen molar-refractivity contribution >= 4 is 5.78 Å². The van der Waals surface area contributed by atoms with Crippen LogP contribution in [0.15, 0.2) is 60.7 Å².